The summed E-state index contributed by atoms with van der Waals surface area (Å²) in [5.74, 6) is 0.520. The van der Waals surface area contributed by atoms with Crippen molar-refractivity contribution in [3.63, 3.8) is 0 Å². The fourth-order valence-corrected chi connectivity index (χ4v) is 2.66. The maximum Gasteiger partial charge on any atom is 0.573 e. The quantitative estimate of drug-likeness (QED) is 0.872. The molecule has 0 spiro atoms. The first kappa shape index (κ1) is 17.2. The summed E-state index contributed by atoms with van der Waals surface area (Å²) in [4.78, 5) is 0. The van der Waals surface area contributed by atoms with Crippen molar-refractivity contribution in [1.82, 2.24) is 5.32 Å². The summed E-state index contributed by atoms with van der Waals surface area (Å²) in [6, 6.07) is 6.05. The van der Waals surface area contributed by atoms with Crippen LogP contribution in [0.15, 0.2) is 24.3 Å². The molecule has 1 aromatic rings. The number of ether oxygens (including phenoxy) is 1. The standard InChI is InChI=1S/C14H20F3NOS/c1-13(2,3)20-9-11(18-4)10-7-5-6-8-12(10)19-14(15,16)17/h5-8,11,18H,9H2,1-4H3. The maximum absolute atomic E-state index is 12.4. The van der Waals surface area contributed by atoms with E-state index in [-0.39, 0.29) is 16.5 Å². The van der Waals surface area contributed by atoms with Gasteiger partial charge in [-0.15, -0.1) is 13.2 Å². The second-order valence-electron chi connectivity index (χ2n) is 5.35. The van der Waals surface area contributed by atoms with E-state index in [1.165, 1.54) is 12.1 Å². The number of rotatable bonds is 5. The van der Waals surface area contributed by atoms with E-state index >= 15 is 0 Å². The first-order valence-electron chi connectivity index (χ1n) is 6.28. The molecule has 0 amide bonds. The molecule has 114 valence electrons. The molecule has 20 heavy (non-hydrogen) atoms. The summed E-state index contributed by atoms with van der Waals surface area (Å²) >= 11 is 1.69. The Morgan fingerprint density at radius 3 is 2.30 bits per heavy atom. The number of alkyl halides is 3. The predicted octanol–water partition coefficient (Wildman–Crippen LogP) is 4.38. The van der Waals surface area contributed by atoms with Crippen LogP contribution < -0.4 is 10.1 Å². The third-order valence-electron chi connectivity index (χ3n) is 2.55. The lowest BCUT2D eigenvalue weighted by molar-refractivity contribution is -0.275. The Kier molecular flexibility index (Phi) is 5.77. The fraction of sp³-hybridized carbons (Fsp3) is 0.571. The summed E-state index contributed by atoms with van der Waals surface area (Å²) in [6.07, 6.45) is -4.68. The highest BCUT2D eigenvalue weighted by atomic mass is 32.2. The van der Waals surface area contributed by atoms with Crippen molar-refractivity contribution in [1.29, 1.82) is 0 Å². The van der Waals surface area contributed by atoms with Crippen LogP contribution in [0, 0.1) is 0 Å². The van der Waals surface area contributed by atoms with E-state index in [0.717, 1.165) is 0 Å². The van der Waals surface area contributed by atoms with Crippen LogP contribution in [-0.4, -0.2) is 23.9 Å². The van der Waals surface area contributed by atoms with Crippen LogP contribution >= 0.6 is 11.8 Å². The largest absolute Gasteiger partial charge is 0.573 e. The SMILES string of the molecule is CNC(CSC(C)(C)C)c1ccccc1OC(F)(F)F. The van der Waals surface area contributed by atoms with Crippen LogP contribution in [0.3, 0.4) is 0 Å². The second kappa shape index (κ2) is 6.72. The van der Waals surface area contributed by atoms with Crippen LogP contribution in [0.5, 0.6) is 5.75 Å². The molecule has 0 aliphatic rings. The molecule has 0 saturated carbocycles. The van der Waals surface area contributed by atoms with Gasteiger partial charge in [-0.1, -0.05) is 39.0 Å². The lowest BCUT2D eigenvalue weighted by atomic mass is 10.1. The summed E-state index contributed by atoms with van der Waals surface area (Å²) in [5, 5.41) is 3.05. The van der Waals surface area contributed by atoms with Gasteiger partial charge in [-0.2, -0.15) is 11.8 Å². The van der Waals surface area contributed by atoms with E-state index in [4.69, 9.17) is 0 Å². The molecule has 0 aliphatic carbocycles. The molecular weight excluding hydrogens is 287 g/mol. The Bertz CT molecular complexity index is 429. The van der Waals surface area contributed by atoms with Gasteiger partial charge >= 0.3 is 6.36 Å². The van der Waals surface area contributed by atoms with E-state index in [1.807, 2.05) is 0 Å². The van der Waals surface area contributed by atoms with Gasteiger partial charge in [-0.3, -0.25) is 0 Å². The maximum atomic E-state index is 12.4. The monoisotopic (exact) mass is 307 g/mol. The Labute approximate surface area is 122 Å². The second-order valence-corrected chi connectivity index (χ2v) is 7.20. The third-order valence-corrected chi connectivity index (χ3v) is 3.92. The highest BCUT2D eigenvalue weighted by Gasteiger charge is 2.33. The number of para-hydroxylation sites is 1. The topological polar surface area (TPSA) is 21.3 Å². The summed E-state index contributed by atoms with van der Waals surface area (Å²) in [7, 11) is 1.73. The molecule has 0 aliphatic heterocycles. The molecule has 1 aromatic carbocycles. The zero-order valence-electron chi connectivity index (χ0n) is 12.0. The predicted molar refractivity (Wildman–Crippen MR) is 77.1 cm³/mol. The van der Waals surface area contributed by atoms with Gasteiger partial charge in [-0.05, 0) is 13.1 Å². The lowest BCUT2D eigenvalue weighted by Gasteiger charge is -2.24. The number of nitrogens with one attached hydrogen (secondary N) is 1. The number of benzene rings is 1. The molecule has 0 bridgehead atoms. The van der Waals surface area contributed by atoms with Crippen molar-refractivity contribution in [2.24, 2.45) is 0 Å². The molecular formula is C14H20F3NOS. The Morgan fingerprint density at radius 2 is 1.80 bits per heavy atom. The zero-order valence-corrected chi connectivity index (χ0v) is 12.9. The molecule has 1 unspecified atom stereocenters. The van der Waals surface area contributed by atoms with E-state index in [1.54, 1.807) is 30.9 Å². The molecule has 0 aromatic heterocycles. The highest BCUT2D eigenvalue weighted by molar-refractivity contribution is 8.00. The first-order chi connectivity index (χ1) is 9.12. The molecule has 0 radical (unpaired) electrons. The van der Waals surface area contributed by atoms with Gasteiger partial charge in [0, 0.05) is 22.1 Å². The van der Waals surface area contributed by atoms with Gasteiger partial charge in [-0.25, -0.2) is 0 Å². The summed E-state index contributed by atoms with van der Waals surface area (Å²) in [6.45, 7) is 6.22. The number of halogens is 3. The van der Waals surface area contributed by atoms with E-state index < -0.39 is 6.36 Å². The van der Waals surface area contributed by atoms with Crippen LogP contribution in [0.25, 0.3) is 0 Å². The smallest absolute Gasteiger partial charge is 0.405 e. The lowest BCUT2D eigenvalue weighted by Crippen LogP contribution is -2.24. The van der Waals surface area contributed by atoms with Crippen molar-refractivity contribution < 1.29 is 17.9 Å². The Morgan fingerprint density at radius 1 is 1.20 bits per heavy atom. The van der Waals surface area contributed by atoms with Gasteiger partial charge in [0.25, 0.3) is 0 Å². The minimum Gasteiger partial charge on any atom is -0.405 e. The van der Waals surface area contributed by atoms with Gasteiger partial charge in [0.1, 0.15) is 5.75 Å². The minimum absolute atomic E-state index is 0.0505. The van der Waals surface area contributed by atoms with E-state index in [0.29, 0.717) is 11.3 Å². The van der Waals surface area contributed by atoms with Gasteiger partial charge in [0.05, 0.1) is 0 Å². The van der Waals surface area contributed by atoms with Crippen LogP contribution in [0.4, 0.5) is 13.2 Å². The molecule has 1 rings (SSSR count). The molecule has 1 atom stereocenters. The first-order valence-corrected chi connectivity index (χ1v) is 7.27. The molecule has 2 nitrogen and oxygen atoms in total. The third kappa shape index (κ3) is 6.05. The summed E-state index contributed by atoms with van der Waals surface area (Å²) < 4.78 is 41.4. The molecule has 0 saturated heterocycles. The normalized spacial score (nSPS) is 14.2. The Balaban J connectivity index is 2.92. The molecule has 1 N–H and O–H groups in total. The Hall–Kier alpha value is -0.880. The number of hydrogen-bond donors (Lipinski definition) is 1. The zero-order chi connectivity index (χ0) is 15.4. The van der Waals surface area contributed by atoms with Crippen molar-refractivity contribution in [2.45, 2.75) is 37.9 Å². The number of hydrogen-bond acceptors (Lipinski definition) is 3. The van der Waals surface area contributed by atoms with Gasteiger partial charge in [0.15, 0.2) is 0 Å². The molecule has 0 fully saturated rings. The van der Waals surface area contributed by atoms with Crippen molar-refractivity contribution in [3.05, 3.63) is 29.8 Å². The van der Waals surface area contributed by atoms with Crippen molar-refractivity contribution in [2.75, 3.05) is 12.8 Å². The average Bonchev–Trinajstić information content (AvgIpc) is 2.28. The molecule has 0 heterocycles. The van der Waals surface area contributed by atoms with Crippen LogP contribution in [-0.2, 0) is 0 Å². The summed E-state index contributed by atoms with van der Waals surface area (Å²) in [5.41, 5.74) is 0.518. The van der Waals surface area contributed by atoms with E-state index in [2.05, 4.69) is 30.8 Å². The number of thioether (sulfide) groups is 1. The molecule has 6 heteroatoms. The highest BCUT2D eigenvalue weighted by Crippen LogP contribution is 2.34. The minimum atomic E-state index is -4.68. The van der Waals surface area contributed by atoms with Crippen molar-refractivity contribution >= 4 is 11.8 Å². The van der Waals surface area contributed by atoms with Crippen LogP contribution in [0.1, 0.15) is 32.4 Å². The fourth-order valence-electron chi connectivity index (χ4n) is 1.65. The van der Waals surface area contributed by atoms with Crippen molar-refractivity contribution in [3.8, 4) is 5.75 Å². The van der Waals surface area contributed by atoms with Gasteiger partial charge in [0.2, 0.25) is 0 Å². The van der Waals surface area contributed by atoms with E-state index in [9.17, 15) is 13.2 Å². The van der Waals surface area contributed by atoms with Gasteiger partial charge < -0.3 is 10.1 Å². The average molecular weight is 307 g/mol. The van der Waals surface area contributed by atoms with Crippen LogP contribution in [0.2, 0.25) is 0 Å².